The zero-order valence-corrected chi connectivity index (χ0v) is 17.0. The minimum Gasteiger partial charge on any atom is -0.505 e. The number of nitrogens with zero attached hydrogens (tertiary/aromatic N) is 1. The highest BCUT2D eigenvalue weighted by atomic mass is 35.5. The Kier molecular flexibility index (Phi) is 5.61. The van der Waals surface area contributed by atoms with Crippen molar-refractivity contribution in [2.75, 3.05) is 14.2 Å². The summed E-state index contributed by atoms with van der Waals surface area (Å²) >= 11 is 6.12. The summed E-state index contributed by atoms with van der Waals surface area (Å²) in [5.74, 6) is -2.23. The van der Waals surface area contributed by atoms with Gasteiger partial charge in [-0.25, -0.2) is 0 Å². The third-order valence-corrected chi connectivity index (χ3v) is 5.53. The van der Waals surface area contributed by atoms with Crippen LogP contribution in [0.2, 0.25) is 5.02 Å². The van der Waals surface area contributed by atoms with Gasteiger partial charge in [0.1, 0.15) is 22.1 Å². The maximum atomic E-state index is 13.3. The van der Waals surface area contributed by atoms with Crippen LogP contribution in [0.4, 0.5) is 0 Å². The van der Waals surface area contributed by atoms with E-state index in [0.717, 1.165) is 12.1 Å². The first-order chi connectivity index (χ1) is 13.3. The average Bonchev–Trinajstić information content (AvgIpc) is 2.69. The fourth-order valence-electron chi connectivity index (χ4n) is 3.65. The fraction of sp³-hybridized carbons (Fsp3) is 0.381. The Labute approximate surface area is 168 Å². The predicted molar refractivity (Wildman–Crippen MR) is 105 cm³/mol. The molecule has 0 radical (unpaired) electrons. The van der Waals surface area contributed by atoms with Crippen LogP contribution < -0.4 is 9.47 Å². The molecule has 0 aliphatic heterocycles. The number of ketones is 2. The van der Waals surface area contributed by atoms with Gasteiger partial charge in [-0.3, -0.25) is 14.6 Å². The molecule has 6 nitrogen and oxygen atoms in total. The summed E-state index contributed by atoms with van der Waals surface area (Å²) in [5.41, 5.74) is 1.96. The smallest absolute Gasteiger partial charge is 0.181 e. The molecule has 1 heterocycles. The van der Waals surface area contributed by atoms with Crippen LogP contribution in [0, 0.1) is 11.8 Å². The average molecular weight is 404 g/mol. The SMILES string of the molecule is CCc1ccc2c(n1)CC(C)C(C(=O)c1c(OC)cc(OC)c(Cl)c1O)C2=O. The van der Waals surface area contributed by atoms with Gasteiger partial charge in [0.05, 0.1) is 25.8 Å². The van der Waals surface area contributed by atoms with Crippen LogP contribution in [-0.4, -0.2) is 35.9 Å². The number of halogens is 1. The molecule has 2 aromatic rings. The molecule has 2 atom stereocenters. The van der Waals surface area contributed by atoms with Crippen molar-refractivity contribution in [1.29, 1.82) is 0 Å². The van der Waals surface area contributed by atoms with E-state index in [2.05, 4.69) is 4.98 Å². The zero-order chi connectivity index (χ0) is 20.6. The first kappa shape index (κ1) is 20.1. The van der Waals surface area contributed by atoms with Crippen molar-refractivity contribution < 1.29 is 24.2 Å². The molecule has 0 amide bonds. The van der Waals surface area contributed by atoms with E-state index < -0.39 is 17.5 Å². The van der Waals surface area contributed by atoms with E-state index in [1.165, 1.54) is 20.3 Å². The number of phenolic OH excluding ortho intramolecular Hbond substituents is 1. The summed E-state index contributed by atoms with van der Waals surface area (Å²) in [4.78, 5) is 31.0. The van der Waals surface area contributed by atoms with Crippen LogP contribution in [0.1, 0.15) is 46.0 Å². The van der Waals surface area contributed by atoms with E-state index in [0.29, 0.717) is 17.7 Å². The van der Waals surface area contributed by atoms with Gasteiger partial charge in [-0.1, -0.05) is 25.4 Å². The summed E-state index contributed by atoms with van der Waals surface area (Å²) in [6.45, 7) is 3.83. The third kappa shape index (κ3) is 3.22. The number of hydrogen-bond donors (Lipinski definition) is 1. The summed E-state index contributed by atoms with van der Waals surface area (Å²) in [7, 11) is 2.76. The van der Waals surface area contributed by atoms with Gasteiger partial charge in [0.15, 0.2) is 17.3 Å². The zero-order valence-electron chi connectivity index (χ0n) is 16.2. The molecule has 0 saturated heterocycles. The van der Waals surface area contributed by atoms with Crippen molar-refractivity contribution >= 4 is 23.2 Å². The van der Waals surface area contributed by atoms with Gasteiger partial charge < -0.3 is 14.6 Å². The molecule has 1 N–H and O–H groups in total. The molecule has 1 aliphatic rings. The third-order valence-electron chi connectivity index (χ3n) is 5.16. The maximum Gasteiger partial charge on any atom is 0.181 e. The van der Waals surface area contributed by atoms with Crippen molar-refractivity contribution in [3.8, 4) is 17.2 Å². The second-order valence-corrected chi connectivity index (χ2v) is 7.23. The van der Waals surface area contributed by atoms with Crippen molar-refractivity contribution in [3.63, 3.8) is 0 Å². The number of fused-ring (bicyclic) bond motifs is 1. The Morgan fingerprint density at radius 2 is 1.96 bits per heavy atom. The Hall–Kier alpha value is -2.60. The number of benzene rings is 1. The number of carbonyl (C=O) groups excluding carboxylic acids is 2. The number of carbonyl (C=O) groups is 2. The molecular weight excluding hydrogens is 382 g/mol. The monoisotopic (exact) mass is 403 g/mol. The molecule has 1 aromatic heterocycles. The number of aromatic hydroxyl groups is 1. The fourth-order valence-corrected chi connectivity index (χ4v) is 3.88. The normalized spacial score (nSPS) is 18.5. The highest BCUT2D eigenvalue weighted by Gasteiger charge is 2.41. The number of aryl methyl sites for hydroxylation is 1. The number of methoxy groups -OCH3 is 2. The highest BCUT2D eigenvalue weighted by Crippen LogP contribution is 2.44. The van der Waals surface area contributed by atoms with Gasteiger partial charge in [-0.15, -0.1) is 0 Å². The van der Waals surface area contributed by atoms with E-state index in [4.69, 9.17) is 21.1 Å². The number of hydrogen-bond acceptors (Lipinski definition) is 6. The minimum atomic E-state index is -0.953. The van der Waals surface area contributed by atoms with E-state index in [9.17, 15) is 14.7 Å². The molecule has 7 heteroatoms. The molecule has 148 valence electrons. The Morgan fingerprint density at radius 3 is 2.57 bits per heavy atom. The lowest BCUT2D eigenvalue weighted by atomic mass is 9.74. The lowest BCUT2D eigenvalue weighted by Crippen LogP contribution is -2.36. The molecule has 1 aromatic carbocycles. The second kappa shape index (κ2) is 7.80. The minimum absolute atomic E-state index is 0.0998. The topological polar surface area (TPSA) is 85.7 Å². The Morgan fingerprint density at radius 1 is 1.29 bits per heavy atom. The molecular formula is C21H22ClNO5. The van der Waals surface area contributed by atoms with Crippen LogP contribution in [0.5, 0.6) is 17.2 Å². The Balaban J connectivity index is 2.08. The number of ether oxygens (including phenoxy) is 2. The molecule has 0 fully saturated rings. The summed E-state index contributed by atoms with van der Waals surface area (Å²) in [6.07, 6.45) is 1.27. The van der Waals surface area contributed by atoms with Gasteiger partial charge >= 0.3 is 0 Å². The quantitative estimate of drug-likeness (QED) is 0.602. The van der Waals surface area contributed by atoms with E-state index >= 15 is 0 Å². The number of rotatable bonds is 5. The summed E-state index contributed by atoms with van der Waals surface area (Å²) in [6, 6.07) is 4.96. The predicted octanol–water partition coefficient (Wildman–Crippen LogP) is 3.89. The molecule has 0 saturated carbocycles. The van der Waals surface area contributed by atoms with Crippen molar-refractivity contribution in [1.82, 2.24) is 4.98 Å². The standard InChI is InChI=1S/C21H22ClNO5/c1-5-11-6-7-12-13(23-11)8-10(2)16(19(12)24)20(25)17-14(27-3)9-15(28-4)18(22)21(17)26/h6-7,9-10,16,26H,5,8H2,1-4H3. The van der Waals surface area contributed by atoms with Gasteiger partial charge in [-0.2, -0.15) is 0 Å². The van der Waals surface area contributed by atoms with Crippen LogP contribution >= 0.6 is 11.6 Å². The first-order valence-electron chi connectivity index (χ1n) is 9.04. The highest BCUT2D eigenvalue weighted by molar-refractivity contribution is 6.34. The molecule has 28 heavy (non-hydrogen) atoms. The van der Waals surface area contributed by atoms with E-state index in [1.54, 1.807) is 12.1 Å². The van der Waals surface area contributed by atoms with Crippen LogP contribution in [-0.2, 0) is 12.8 Å². The molecule has 0 bridgehead atoms. The van der Waals surface area contributed by atoms with Crippen molar-refractivity contribution in [3.05, 3.63) is 45.7 Å². The lowest BCUT2D eigenvalue weighted by molar-refractivity contribution is 0.0740. The maximum absolute atomic E-state index is 13.3. The van der Waals surface area contributed by atoms with Crippen molar-refractivity contribution in [2.24, 2.45) is 11.8 Å². The van der Waals surface area contributed by atoms with E-state index in [-0.39, 0.29) is 33.8 Å². The van der Waals surface area contributed by atoms with Gasteiger partial charge in [-0.05, 0) is 30.9 Å². The van der Waals surface area contributed by atoms with Gasteiger partial charge in [0.25, 0.3) is 0 Å². The van der Waals surface area contributed by atoms with Gasteiger partial charge in [0.2, 0.25) is 0 Å². The van der Waals surface area contributed by atoms with E-state index in [1.807, 2.05) is 13.8 Å². The number of pyridine rings is 1. The molecule has 0 spiro atoms. The molecule has 2 unspecified atom stereocenters. The van der Waals surface area contributed by atoms with Crippen LogP contribution in [0.25, 0.3) is 0 Å². The number of aromatic nitrogens is 1. The Bertz CT molecular complexity index is 956. The summed E-state index contributed by atoms with van der Waals surface area (Å²) in [5, 5.41) is 10.4. The molecule has 1 aliphatic carbocycles. The largest absolute Gasteiger partial charge is 0.505 e. The summed E-state index contributed by atoms with van der Waals surface area (Å²) < 4.78 is 10.4. The number of phenols is 1. The molecule has 3 rings (SSSR count). The van der Waals surface area contributed by atoms with Crippen molar-refractivity contribution in [2.45, 2.75) is 26.7 Å². The first-order valence-corrected chi connectivity index (χ1v) is 9.42. The van der Waals surface area contributed by atoms with Crippen LogP contribution in [0.3, 0.4) is 0 Å². The number of Topliss-reactive ketones (excluding diaryl/α,β-unsaturated/α-hetero) is 2. The lowest BCUT2D eigenvalue weighted by Gasteiger charge is -2.28. The van der Waals surface area contributed by atoms with Crippen LogP contribution in [0.15, 0.2) is 18.2 Å². The second-order valence-electron chi connectivity index (χ2n) is 6.86. The van der Waals surface area contributed by atoms with Gasteiger partial charge in [0, 0.05) is 17.3 Å².